The lowest BCUT2D eigenvalue weighted by Gasteiger charge is -2.21. The molecular weight excluding hydrogens is 594 g/mol. The van der Waals surface area contributed by atoms with Crippen LogP contribution in [0.15, 0.2) is 0 Å². The fourth-order valence-corrected chi connectivity index (χ4v) is 6.58. The molecule has 6 nitrogen and oxygen atoms in total. The number of hydrogen-bond donors (Lipinski definition) is 2. The van der Waals surface area contributed by atoms with Crippen LogP contribution in [0.4, 0.5) is 0 Å². The Morgan fingerprint density at radius 2 is 0.604 bits per heavy atom. The van der Waals surface area contributed by atoms with Gasteiger partial charge in [-0.25, -0.2) is 0 Å². The van der Waals surface area contributed by atoms with E-state index in [1.165, 1.54) is 167 Å². The summed E-state index contributed by atoms with van der Waals surface area (Å²) in [6, 6.07) is 0. The highest BCUT2D eigenvalue weighted by molar-refractivity contribution is 5.77. The zero-order valence-electron chi connectivity index (χ0n) is 32.6. The summed E-state index contributed by atoms with van der Waals surface area (Å²) in [4.78, 5) is 38.2. The van der Waals surface area contributed by atoms with Gasteiger partial charge in [-0.15, -0.1) is 0 Å². The Hall–Kier alpha value is -1.59. The number of carbonyl (C=O) groups excluding carboxylic acids is 3. The topological polar surface area (TPSA) is 78.5 Å². The van der Waals surface area contributed by atoms with Gasteiger partial charge in [0.25, 0.3) is 0 Å². The first-order valence-electron chi connectivity index (χ1n) is 21.3. The summed E-state index contributed by atoms with van der Waals surface area (Å²) in [6.07, 6.45) is 40.7. The van der Waals surface area contributed by atoms with Crippen LogP contribution in [0, 0.1) is 0 Å². The Morgan fingerprint density at radius 3 is 0.833 bits per heavy atom. The predicted molar refractivity (Wildman–Crippen MR) is 207 cm³/mol. The maximum absolute atomic E-state index is 12.2. The highest BCUT2D eigenvalue weighted by atomic mass is 16.2. The zero-order valence-corrected chi connectivity index (χ0v) is 32.6. The fraction of sp³-hybridized carbons (Fsp3) is 0.929. The average molecular weight is 678 g/mol. The molecule has 0 radical (unpaired) electrons. The Balaban J connectivity index is 3.57. The van der Waals surface area contributed by atoms with Crippen molar-refractivity contribution in [3.8, 4) is 0 Å². The Kier molecular flexibility index (Phi) is 36.9. The van der Waals surface area contributed by atoms with Crippen LogP contribution in [0.1, 0.15) is 226 Å². The van der Waals surface area contributed by atoms with Gasteiger partial charge in [0.15, 0.2) is 0 Å². The lowest BCUT2D eigenvalue weighted by atomic mass is 10.0. The molecule has 0 heterocycles. The predicted octanol–water partition coefficient (Wildman–Crippen LogP) is 11.6. The van der Waals surface area contributed by atoms with Gasteiger partial charge < -0.3 is 15.5 Å². The van der Waals surface area contributed by atoms with E-state index >= 15 is 0 Å². The molecular formula is C42H83N3O3. The van der Waals surface area contributed by atoms with E-state index in [0.717, 1.165) is 25.7 Å². The van der Waals surface area contributed by atoms with Gasteiger partial charge in [0.2, 0.25) is 17.7 Å². The molecule has 2 N–H and O–H groups in total. The third-order valence-electron chi connectivity index (χ3n) is 9.87. The van der Waals surface area contributed by atoms with E-state index in [2.05, 4.69) is 24.5 Å². The Labute approximate surface area is 299 Å². The molecule has 3 amide bonds. The van der Waals surface area contributed by atoms with Crippen LogP contribution in [0.25, 0.3) is 0 Å². The van der Waals surface area contributed by atoms with Crippen LogP contribution >= 0.6 is 0 Å². The smallest absolute Gasteiger partial charge is 0.220 e. The van der Waals surface area contributed by atoms with Crippen molar-refractivity contribution in [1.82, 2.24) is 15.5 Å². The highest BCUT2D eigenvalue weighted by Crippen LogP contribution is 2.15. The zero-order chi connectivity index (χ0) is 35.2. The lowest BCUT2D eigenvalue weighted by Crippen LogP contribution is -2.41. The van der Waals surface area contributed by atoms with E-state index in [-0.39, 0.29) is 17.7 Å². The third kappa shape index (κ3) is 35.7. The second-order valence-corrected chi connectivity index (χ2v) is 14.6. The number of rotatable bonds is 38. The second-order valence-electron chi connectivity index (χ2n) is 14.6. The summed E-state index contributed by atoms with van der Waals surface area (Å²) in [5, 5.41) is 5.94. The van der Waals surface area contributed by atoms with Gasteiger partial charge in [0.1, 0.15) is 0 Å². The number of hydrogen-bond acceptors (Lipinski definition) is 3. The van der Waals surface area contributed by atoms with Crippen LogP contribution in [0.5, 0.6) is 0 Å². The Morgan fingerprint density at radius 1 is 0.375 bits per heavy atom. The average Bonchev–Trinajstić information content (AvgIpc) is 3.07. The number of unbranched alkanes of at least 4 members (excludes halogenated alkanes) is 28. The molecule has 0 spiro atoms. The minimum atomic E-state index is -0.0247. The maximum atomic E-state index is 12.2. The molecule has 0 fully saturated rings. The molecule has 0 aromatic heterocycles. The molecule has 0 aromatic rings. The van der Waals surface area contributed by atoms with E-state index in [1.54, 1.807) is 11.8 Å². The lowest BCUT2D eigenvalue weighted by molar-refractivity contribution is -0.130. The summed E-state index contributed by atoms with van der Waals surface area (Å²) in [5.74, 6) is 0.123. The summed E-state index contributed by atoms with van der Waals surface area (Å²) in [6.45, 7) is 7.99. The molecule has 0 saturated heterocycles. The van der Waals surface area contributed by atoms with Gasteiger partial charge in [-0.2, -0.15) is 0 Å². The van der Waals surface area contributed by atoms with Gasteiger partial charge in [0, 0.05) is 45.9 Å². The first kappa shape index (κ1) is 46.4. The molecule has 0 unspecified atom stereocenters. The van der Waals surface area contributed by atoms with Crippen molar-refractivity contribution in [3.05, 3.63) is 0 Å². The van der Waals surface area contributed by atoms with Crippen molar-refractivity contribution in [3.63, 3.8) is 0 Å². The van der Waals surface area contributed by atoms with Crippen molar-refractivity contribution >= 4 is 17.7 Å². The van der Waals surface area contributed by atoms with Crippen LogP contribution in [-0.2, 0) is 14.4 Å². The van der Waals surface area contributed by atoms with Crippen LogP contribution < -0.4 is 10.6 Å². The molecule has 0 aliphatic rings. The molecule has 0 aliphatic carbocycles. The molecule has 284 valence electrons. The van der Waals surface area contributed by atoms with Crippen molar-refractivity contribution in [2.75, 3.05) is 26.2 Å². The number of nitrogens with one attached hydrogen (secondary N) is 2. The normalized spacial score (nSPS) is 11.1. The van der Waals surface area contributed by atoms with E-state index < -0.39 is 0 Å². The van der Waals surface area contributed by atoms with Crippen LogP contribution in [0.3, 0.4) is 0 Å². The molecule has 6 heteroatoms. The SMILES string of the molecule is CCCCCCCCCCCCCCCCCC(=O)NCCN(CCNC(=O)CCCCCCCCCCCCCCCCC)C(C)=O. The van der Waals surface area contributed by atoms with Crippen molar-refractivity contribution in [1.29, 1.82) is 0 Å². The largest absolute Gasteiger partial charge is 0.354 e. The molecule has 0 aliphatic heterocycles. The number of amides is 3. The first-order chi connectivity index (χ1) is 23.5. The Bertz CT molecular complexity index is 662. The standard InChI is InChI=1S/C42H83N3O3/c1-4-6-8-10-12-14-16-18-20-22-24-26-28-30-32-34-41(47)43-36-38-45(40(3)46)39-37-44-42(48)35-33-31-29-27-25-23-21-19-17-15-13-11-9-7-5-2/h4-39H2,1-3H3,(H,43,47)(H,44,48). The van der Waals surface area contributed by atoms with Gasteiger partial charge in [-0.1, -0.05) is 194 Å². The molecule has 0 saturated carbocycles. The minimum Gasteiger partial charge on any atom is -0.354 e. The number of nitrogens with zero attached hydrogens (tertiary/aromatic N) is 1. The highest BCUT2D eigenvalue weighted by Gasteiger charge is 2.10. The van der Waals surface area contributed by atoms with Gasteiger partial charge >= 0.3 is 0 Å². The van der Waals surface area contributed by atoms with Crippen LogP contribution in [0.2, 0.25) is 0 Å². The third-order valence-corrected chi connectivity index (χ3v) is 9.87. The summed E-state index contributed by atoms with van der Waals surface area (Å²) in [5.41, 5.74) is 0. The van der Waals surface area contributed by atoms with Crippen molar-refractivity contribution in [2.45, 2.75) is 226 Å². The minimum absolute atomic E-state index is 0.0247. The summed E-state index contributed by atoms with van der Waals surface area (Å²) >= 11 is 0. The van der Waals surface area contributed by atoms with E-state index in [4.69, 9.17) is 0 Å². The van der Waals surface area contributed by atoms with Crippen molar-refractivity contribution in [2.24, 2.45) is 0 Å². The summed E-state index contributed by atoms with van der Waals surface area (Å²) < 4.78 is 0. The monoisotopic (exact) mass is 678 g/mol. The fourth-order valence-electron chi connectivity index (χ4n) is 6.58. The molecule has 0 atom stereocenters. The quantitative estimate of drug-likeness (QED) is 0.0638. The van der Waals surface area contributed by atoms with E-state index in [0.29, 0.717) is 39.0 Å². The van der Waals surface area contributed by atoms with Crippen LogP contribution in [-0.4, -0.2) is 48.8 Å². The van der Waals surface area contributed by atoms with Crippen molar-refractivity contribution < 1.29 is 14.4 Å². The molecule has 0 rings (SSSR count). The van der Waals surface area contributed by atoms with Gasteiger partial charge in [-0.3, -0.25) is 14.4 Å². The number of carbonyl (C=O) groups is 3. The second kappa shape index (κ2) is 38.2. The van der Waals surface area contributed by atoms with E-state index in [1.807, 2.05) is 0 Å². The molecule has 0 aromatic carbocycles. The first-order valence-corrected chi connectivity index (χ1v) is 21.3. The van der Waals surface area contributed by atoms with Gasteiger partial charge in [0.05, 0.1) is 0 Å². The molecule has 48 heavy (non-hydrogen) atoms. The maximum Gasteiger partial charge on any atom is 0.220 e. The molecule has 0 bridgehead atoms. The van der Waals surface area contributed by atoms with E-state index in [9.17, 15) is 14.4 Å². The summed E-state index contributed by atoms with van der Waals surface area (Å²) in [7, 11) is 0. The van der Waals surface area contributed by atoms with Gasteiger partial charge in [-0.05, 0) is 12.8 Å².